The minimum atomic E-state index is -1.01. The van der Waals surface area contributed by atoms with E-state index < -0.39 is 60.0 Å². The van der Waals surface area contributed by atoms with Crippen LogP contribution in [-0.2, 0) is 33.3 Å². The number of methoxy groups -OCH3 is 3. The highest BCUT2D eigenvalue weighted by Gasteiger charge is 2.35. The molecule has 0 radical (unpaired) electrons. The molecule has 1 aliphatic carbocycles. The summed E-state index contributed by atoms with van der Waals surface area (Å²) in [6, 6.07) is 0. The van der Waals surface area contributed by atoms with Crippen LogP contribution in [-0.4, -0.2) is 80.5 Å². The summed E-state index contributed by atoms with van der Waals surface area (Å²) in [7, 11) is 4.31. The molecule has 2 aliphatic rings. The topological polar surface area (TPSA) is 163 Å². The number of Topliss-reactive ketones (excluding diaryl/α,β-unsaturated/α-hetero) is 1. The van der Waals surface area contributed by atoms with Gasteiger partial charge in [-0.2, -0.15) is 0 Å². The number of nitrogens with two attached hydrogens (primary N) is 1. The standard InChI is InChI=1S/C29H40N2O9/c1-15-9-8-10-22(37-5)27(40-29(30)36)17(3)11-16(2)24(33)23(38-6)12-18(4)26(39-7)20-13-19(32)14-21(25(20)34)31-28(15)35/h8-11,13-14,16,18,22-24,26-27,33H,12H2,1-7H3,(H2,30,36)(H,31,35)/b10-8-,15-9-,17-11+/t16-,18-,22-,23-,24+,26+,27?/m0/s1. The molecule has 0 spiro atoms. The number of allylic oxidation sites excluding steroid dienone is 5. The Morgan fingerprint density at radius 3 is 2.27 bits per heavy atom. The molecule has 1 unspecified atom stereocenters. The summed E-state index contributed by atoms with van der Waals surface area (Å²) in [5.41, 5.74) is 6.06. The lowest BCUT2D eigenvalue weighted by molar-refractivity contribution is -0.120. The van der Waals surface area contributed by atoms with Crippen molar-refractivity contribution in [1.82, 2.24) is 5.32 Å². The highest BCUT2D eigenvalue weighted by Crippen LogP contribution is 2.29. The van der Waals surface area contributed by atoms with Crippen LogP contribution >= 0.6 is 0 Å². The first kappa shape index (κ1) is 32.8. The quantitative estimate of drug-likeness (QED) is 0.345. The molecule has 0 saturated carbocycles. The number of primary amides is 1. The second kappa shape index (κ2) is 14.8. The summed E-state index contributed by atoms with van der Waals surface area (Å²) in [5, 5.41) is 13.7. The Bertz CT molecular complexity index is 1130. The van der Waals surface area contributed by atoms with Gasteiger partial charge in [-0.05, 0) is 37.8 Å². The number of aliphatic hydroxyl groups excluding tert-OH is 1. The predicted octanol–water partition coefficient (Wildman–Crippen LogP) is 2.06. The van der Waals surface area contributed by atoms with Crippen LogP contribution in [0.2, 0.25) is 0 Å². The van der Waals surface area contributed by atoms with E-state index in [9.17, 15) is 24.3 Å². The van der Waals surface area contributed by atoms with Crippen molar-refractivity contribution in [2.45, 2.75) is 64.6 Å². The largest absolute Gasteiger partial charge is 0.439 e. The van der Waals surface area contributed by atoms with Crippen molar-refractivity contribution in [1.29, 1.82) is 0 Å². The zero-order chi connectivity index (χ0) is 30.1. The second-order valence-corrected chi connectivity index (χ2v) is 10.0. The Hall–Kier alpha value is -3.38. The summed E-state index contributed by atoms with van der Waals surface area (Å²) >= 11 is 0. The fourth-order valence-electron chi connectivity index (χ4n) is 4.86. The summed E-state index contributed by atoms with van der Waals surface area (Å²) in [5.74, 6) is -2.44. The van der Waals surface area contributed by atoms with Gasteiger partial charge in [0, 0.05) is 44.5 Å². The molecule has 4 N–H and O–H groups in total. The first-order chi connectivity index (χ1) is 18.8. The number of hydrogen-bond donors (Lipinski definition) is 3. The van der Waals surface area contributed by atoms with E-state index in [1.165, 1.54) is 46.5 Å². The summed E-state index contributed by atoms with van der Waals surface area (Å²) < 4.78 is 22.1. The predicted molar refractivity (Wildman–Crippen MR) is 147 cm³/mol. The first-order valence-electron chi connectivity index (χ1n) is 12.9. The van der Waals surface area contributed by atoms with Crippen molar-refractivity contribution in [3.8, 4) is 0 Å². The second-order valence-electron chi connectivity index (χ2n) is 10.0. The highest BCUT2D eigenvalue weighted by molar-refractivity contribution is 6.22. The summed E-state index contributed by atoms with van der Waals surface area (Å²) in [4.78, 5) is 50.4. The number of carbonyl (C=O) groups is 4. The number of rotatable bonds is 4. The molecule has 1 aliphatic heterocycles. The molecule has 2 rings (SSSR count). The molecule has 40 heavy (non-hydrogen) atoms. The van der Waals surface area contributed by atoms with Gasteiger partial charge >= 0.3 is 6.09 Å². The maximum absolute atomic E-state index is 13.3. The first-order valence-corrected chi connectivity index (χ1v) is 12.9. The van der Waals surface area contributed by atoms with Crippen molar-refractivity contribution in [3.63, 3.8) is 0 Å². The van der Waals surface area contributed by atoms with Crippen molar-refractivity contribution in [2.24, 2.45) is 17.6 Å². The minimum Gasteiger partial charge on any atom is -0.439 e. The van der Waals surface area contributed by atoms with Crippen LogP contribution in [0, 0.1) is 11.8 Å². The van der Waals surface area contributed by atoms with Crippen molar-refractivity contribution in [3.05, 3.63) is 58.9 Å². The third-order valence-corrected chi connectivity index (χ3v) is 7.04. The van der Waals surface area contributed by atoms with Crippen molar-refractivity contribution >= 4 is 23.6 Å². The van der Waals surface area contributed by atoms with Gasteiger partial charge in [0.05, 0.1) is 24.0 Å². The Balaban J connectivity index is 2.62. The zero-order valence-corrected chi connectivity index (χ0v) is 24.0. The molecule has 1 heterocycles. The minimum absolute atomic E-state index is 0.0970. The Kier molecular flexibility index (Phi) is 12.2. The lowest BCUT2D eigenvalue weighted by atomic mass is 9.84. The van der Waals surface area contributed by atoms with E-state index in [1.807, 2.05) is 6.92 Å². The zero-order valence-electron chi connectivity index (χ0n) is 24.0. The van der Waals surface area contributed by atoms with E-state index >= 15 is 0 Å². The van der Waals surface area contributed by atoms with E-state index in [0.717, 1.165) is 6.08 Å². The van der Waals surface area contributed by atoms with E-state index in [-0.39, 0.29) is 29.2 Å². The average Bonchev–Trinajstić information content (AvgIpc) is 2.90. The molecule has 11 nitrogen and oxygen atoms in total. The van der Waals surface area contributed by atoms with Gasteiger partial charge in [-0.3, -0.25) is 14.4 Å². The molecule has 0 aromatic heterocycles. The number of fused-ring (bicyclic) bond motifs is 2. The third-order valence-electron chi connectivity index (χ3n) is 7.04. The molecule has 2 amide bonds. The van der Waals surface area contributed by atoms with Gasteiger partial charge in [0.15, 0.2) is 11.9 Å². The maximum atomic E-state index is 13.3. The molecule has 0 saturated heterocycles. The molecule has 0 fully saturated rings. The van der Waals surface area contributed by atoms with Crippen LogP contribution in [0.4, 0.5) is 4.79 Å². The smallest absolute Gasteiger partial charge is 0.405 e. The highest BCUT2D eigenvalue weighted by atomic mass is 16.6. The number of ether oxygens (including phenoxy) is 4. The fraction of sp³-hybridized carbons (Fsp3) is 0.517. The maximum Gasteiger partial charge on any atom is 0.405 e. The monoisotopic (exact) mass is 560 g/mol. The fourth-order valence-corrected chi connectivity index (χ4v) is 4.86. The van der Waals surface area contributed by atoms with E-state index in [1.54, 1.807) is 26.0 Å². The lowest BCUT2D eigenvalue weighted by Gasteiger charge is -2.32. The number of nitrogens with one attached hydrogen (secondary N) is 1. The van der Waals surface area contributed by atoms with Gasteiger partial charge in [0.1, 0.15) is 6.10 Å². The number of carbonyl (C=O) groups excluding carboxylic acids is 4. The lowest BCUT2D eigenvalue weighted by Crippen LogP contribution is -2.40. The molecular formula is C29H40N2O9. The van der Waals surface area contributed by atoms with E-state index in [4.69, 9.17) is 24.7 Å². The van der Waals surface area contributed by atoms with Crippen molar-refractivity contribution in [2.75, 3.05) is 21.3 Å². The number of hydrogen-bond acceptors (Lipinski definition) is 9. The van der Waals surface area contributed by atoms with E-state index in [2.05, 4.69) is 5.32 Å². The Morgan fingerprint density at radius 2 is 1.70 bits per heavy atom. The van der Waals surface area contributed by atoms with Gasteiger partial charge in [-0.1, -0.05) is 38.2 Å². The van der Waals surface area contributed by atoms with Gasteiger partial charge in [0.25, 0.3) is 5.91 Å². The van der Waals surface area contributed by atoms with E-state index in [0.29, 0.717) is 5.57 Å². The normalized spacial score (nSPS) is 34.4. The third kappa shape index (κ3) is 8.31. The van der Waals surface area contributed by atoms with Crippen LogP contribution in [0.5, 0.6) is 0 Å². The molecule has 2 bridgehead atoms. The molecular weight excluding hydrogens is 520 g/mol. The summed E-state index contributed by atoms with van der Waals surface area (Å²) in [6.07, 6.45) is 3.68. The molecule has 0 aromatic carbocycles. The van der Waals surface area contributed by atoms with Gasteiger partial charge in [-0.25, -0.2) is 4.79 Å². The van der Waals surface area contributed by atoms with Gasteiger partial charge in [0.2, 0.25) is 5.78 Å². The number of aliphatic hydroxyl groups is 1. The average molecular weight is 561 g/mol. The number of ketones is 2. The SMILES string of the molecule is CO[C@H]1/C=C\C=C(\C)C(=O)NC2=CC(=O)C=C(C2=O)[C@H](OC)[C@@H](C)C[C@H](OC)[C@H](O)[C@@H](C)/C=C(\C)C1OC(N)=O. The van der Waals surface area contributed by atoms with Crippen molar-refractivity contribution < 1.29 is 43.2 Å². The van der Waals surface area contributed by atoms with Gasteiger partial charge in [-0.15, -0.1) is 0 Å². The molecule has 7 atom stereocenters. The summed E-state index contributed by atoms with van der Waals surface area (Å²) in [6.45, 7) is 6.86. The van der Waals surface area contributed by atoms with Crippen LogP contribution in [0.25, 0.3) is 0 Å². The van der Waals surface area contributed by atoms with Crippen LogP contribution in [0.1, 0.15) is 34.1 Å². The number of amides is 2. The molecule has 220 valence electrons. The molecule has 0 aromatic rings. The van der Waals surface area contributed by atoms with Crippen LogP contribution in [0.15, 0.2) is 58.9 Å². The van der Waals surface area contributed by atoms with Crippen LogP contribution in [0.3, 0.4) is 0 Å². The van der Waals surface area contributed by atoms with Gasteiger partial charge < -0.3 is 35.1 Å². The molecule has 11 heteroatoms. The Labute approximate surface area is 234 Å². The van der Waals surface area contributed by atoms with Crippen LogP contribution < -0.4 is 11.1 Å². The Morgan fingerprint density at radius 1 is 1.02 bits per heavy atom.